The SMILES string of the molecule is COCCC(NC(=O)/C=C/CNC(=O)OCC1c2ccccc2-c2ccccc21)C(=O)O. The molecule has 0 saturated heterocycles. The lowest BCUT2D eigenvalue weighted by Gasteiger charge is -2.14. The minimum atomic E-state index is -1.14. The lowest BCUT2D eigenvalue weighted by Crippen LogP contribution is -2.40. The molecule has 3 N–H and O–H groups in total. The molecule has 0 radical (unpaired) electrons. The smallest absolute Gasteiger partial charge is 0.407 e. The first-order chi connectivity index (χ1) is 15.5. The van der Waals surface area contributed by atoms with Crippen molar-refractivity contribution in [1.82, 2.24) is 10.6 Å². The molecule has 0 aromatic heterocycles. The van der Waals surface area contributed by atoms with Crippen molar-refractivity contribution in [3.63, 3.8) is 0 Å². The van der Waals surface area contributed by atoms with Crippen LogP contribution in [-0.2, 0) is 19.1 Å². The second-order valence-corrected chi connectivity index (χ2v) is 7.29. The number of benzene rings is 2. The minimum Gasteiger partial charge on any atom is -0.480 e. The number of carboxylic acids is 1. The Morgan fingerprint density at radius 2 is 1.69 bits per heavy atom. The summed E-state index contributed by atoms with van der Waals surface area (Å²) in [7, 11) is 1.45. The molecule has 2 amide bonds. The Hall–Kier alpha value is -3.65. The molecule has 0 saturated carbocycles. The summed E-state index contributed by atoms with van der Waals surface area (Å²) < 4.78 is 10.2. The zero-order valence-corrected chi connectivity index (χ0v) is 17.7. The number of carbonyl (C=O) groups excluding carboxylic acids is 2. The van der Waals surface area contributed by atoms with E-state index in [-0.39, 0.29) is 32.1 Å². The summed E-state index contributed by atoms with van der Waals surface area (Å²) in [5, 5.41) is 14.0. The third kappa shape index (κ3) is 5.73. The van der Waals surface area contributed by atoms with Gasteiger partial charge >= 0.3 is 12.1 Å². The van der Waals surface area contributed by atoms with Crippen molar-refractivity contribution in [3.05, 3.63) is 71.8 Å². The van der Waals surface area contributed by atoms with Gasteiger partial charge in [-0.25, -0.2) is 9.59 Å². The van der Waals surface area contributed by atoms with Crippen molar-refractivity contribution in [2.24, 2.45) is 0 Å². The Bertz CT molecular complexity index is 958. The van der Waals surface area contributed by atoms with E-state index < -0.39 is 24.0 Å². The van der Waals surface area contributed by atoms with Crippen LogP contribution in [0.4, 0.5) is 4.79 Å². The van der Waals surface area contributed by atoms with Gasteiger partial charge in [0.15, 0.2) is 0 Å². The normalized spacial score (nSPS) is 13.3. The van der Waals surface area contributed by atoms with E-state index in [1.165, 1.54) is 19.3 Å². The van der Waals surface area contributed by atoms with Crippen LogP contribution in [0.25, 0.3) is 11.1 Å². The number of fused-ring (bicyclic) bond motifs is 3. The zero-order valence-electron chi connectivity index (χ0n) is 17.7. The third-order valence-corrected chi connectivity index (χ3v) is 5.20. The average Bonchev–Trinajstić information content (AvgIpc) is 3.11. The van der Waals surface area contributed by atoms with E-state index in [1.54, 1.807) is 0 Å². The predicted molar refractivity (Wildman–Crippen MR) is 118 cm³/mol. The van der Waals surface area contributed by atoms with Gasteiger partial charge in [-0.15, -0.1) is 0 Å². The monoisotopic (exact) mass is 438 g/mol. The van der Waals surface area contributed by atoms with Gasteiger partial charge < -0.3 is 25.2 Å². The lowest BCUT2D eigenvalue weighted by atomic mass is 9.98. The van der Waals surface area contributed by atoms with Gasteiger partial charge in [0.25, 0.3) is 0 Å². The highest BCUT2D eigenvalue weighted by molar-refractivity contribution is 5.91. The van der Waals surface area contributed by atoms with Crippen LogP contribution in [0.5, 0.6) is 0 Å². The molecule has 0 fully saturated rings. The summed E-state index contributed by atoms with van der Waals surface area (Å²) in [4.78, 5) is 35.1. The molecule has 0 spiro atoms. The largest absolute Gasteiger partial charge is 0.480 e. The summed E-state index contributed by atoms with van der Waals surface area (Å²) in [5.41, 5.74) is 4.55. The summed E-state index contributed by atoms with van der Waals surface area (Å²) >= 11 is 0. The Morgan fingerprint density at radius 3 is 2.28 bits per heavy atom. The van der Waals surface area contributed by atoms with Gasteiger partial charge in [-0.05, 0) is 22.3 Å². The summed E-state index contributed by atoms with van der Waals surface area (Å²) in [6.07, 6.45) is 2.16. The van der Waals surface area contributed by atoms with Crippen molar-refractivity contribution in [2.45, 2.75) is 18.4 Å². The van der Waals surface area contributed by atoms with E-state index in [2.05, 4.69) is 22.8 Å². The van der Waals surface area contributed by atoms with E-state index >= 15 is 0 Å². The topological polar surface area (TPSA) is 114 Å². The number of carbonyl (C=O) groups is 3. The van der Waals surface area contributed by atoms with Crippen molar-refractivity contribution < 1.29 is 29.0 Å². The van der Waals surface area contributed by atoms with Crippen molar-refractivity contribution in [2.75, 3.05) is 26.9 Å². The van der Waals surface area contributed by atoms with Crippen LogP contribution < -0.4 is 10.6 Å². The second kappa shape index (κ2) is 11.1. The average molecular weight is 438 g/mol. The molecule has 0 aliphatic heterocycles. The number of rotatable bonds is 10. The number of methoxy groups -OCH3 is 1. The van der Waals surface area contributed by atoms with Crippen LogP contribution in [0.2, 0.25) is 0 Å². The second-order valence-electron chi connectivity index (χ2n) is 7.29. The van der Waals surface area contributed by atoms with Gasteiger partial charge in [-0.3, -0.25) is 4.79 Å². The van der Waals surface area contributed by atoms with Crippen LogP contribution in [0.1, 0.15) is 23.5 Å². The molecule has 2 aromatic carbocycles. The highest BCUT2D eigenvalue weighted by Crippen LogP contribution is 2.44. The molecule has 0 heterocycles. The molecule has 32 heavy (non-hydrogen) atoms. The molecule has 1 aliphatic carbocycles. The molecule has 8 heteroatoms. The van der Waals surface area contributed by atoms with Gasteiger partial charge in [-0.1, -0.05) is 54.6 Å². The first-order valence-electron chi connectivity index (χ1n) is 10.3. The maximum atomic E-state index is 12.1. The number of hydrogen-bond donors (Lipinski definition) is 3. The molecule has 8 nitrogen and oxygen atoms in total. The minimum absolute atomic E-state index is 0.0328. The Morgan fingerprint density at radius 1 is 1.06 bits per heavy atom. The number of carboxylic acid groups (broad SMARTS) is 1. The van der Waals surface area contributed by atoms with Crippen LogP contribution in [-0.4, -0.2) is 56.0 Å². The molecule has 2 aromatic rings. The molecular weight excluding hydrogens is 412 g/mol. The number of alkyl carbamates (subject to hydrolysis) is 1. The number of ether oxygens (including phenoxy) is 2. The quantitative estimate of drug-likeness (QED) is 0.492. The van der Waals surface area contributed by atoms with Gasteiger partial charge in [0.2, 0.25) is 5.91 Å². The van der Waals surface area contributed by atoms with Gasteiger partial charge in [0.05, 0.1) is 0 Å². The predicted octanol–water partition coefficient (Wildman–Crippen LogP) is 2.69. The fourth-order valence-electron chi connectivity index (χ4n) is 3.67. The number of aliphatic carboxylic acids is 1. The van der Waals surface area contributed by atoms with E-state index in [0.717, 1.165) is 22.3 Å². The Balaban J connectivity index is 1.46. The van der Waals surface area contributed by atoms with E-state index in [0.29, 0.717) is 0 Å². The standard InChI is InChI=1S/C24H26N2O6/c1-31-14-12-21(23(28)29)26-22(27)11-6-13-25-24(30)32-15-20-18-9-4-2-7-16(18)17-8-3-5-10-19(17)20/h2-11,20-21H,12-15H2,1H3,(H,25,30)(H,26,27)(H,28,29)/b11-6+. The maximum Gasteiger partial charge on any atom is 0.407 e. The molecule has 168 valence electrons. The molecular formula is C24H26N2O6. The number of nitrogens with one attached hydrogen (secondary N) is 2. The third-order valence-electron chi connectivity index (χ3n) is 5.20. The fourth-order valence-corrected chi connectivity index (χ4v) is 3.67. The van der Waals surface area contributed by atoms with E-state index in [1.807, 2.05) is 36.4 Å². The number of hydrogen-bond acceptors (Lipinski definition) is 5. The first-order valence-corrected chi connectivity index (χ1v) is 10.3. The molecule has 0 bridgehead atoms. The Labute approximate surface area is 186 Å². The van der Waals surface area contributed by atoms with Gasteiger partial charge in [0.1, 0.15) is 12.6 Å². The molecule has 3 rings (SSSR count). The van der Waals surface area contributed by atoms with Crippen molar-refractivity contribution >= 4 is 18.0 Å². The van der Waals surface area contributed by atoms with Crippen LogP contribution >= 0.6 is 0 Å². The van der Waals surface area contributed by atoms with Gasteiger partial charge in [0, 0.05) is 38.7 Å². The van der Waals surface area contributed by atoms with E-state index in [9.17, 15) is 14.4 Å². The first kappa shape index (κ1) is 23.0. The van der Waals surface area contributed by atoms with Crippen LogP contribution in [0.15, 0.2) is 60.7 Å². The van der Waals surface area contributed by atoms with Crippen LogP contribution in [0, 0.1) is 0 Å². The molecule has 1 unspecified atom stereocenters. The van der Waals surface area contributed by atoms with Crippen molar-refractivity contribution in [1.29, 1.82) is 0 Å². The lowest BCUT2D eigenvalue weighted by molar-refractivity contribution is -0.141. The summed E-state index contributed by atoms with van der Waals surface area (Å²) in [6, 6.07) is 15.1. The van der Waals surface area contributed by atoms with Crippen LogP contribution in [0.3, 0.4) is 0 Å². The molecule has 1 atom stereocenters. The summed E-state index contributed by atoms with van der Waals surface area (Å²) in [5.74, 6) is -1.74. The Kier molecular flexibility index (Phi) is 7.99. The highest BCUT2D eigenvalue weighted by Gasteiger charge is 2.28. The zero-order chi connectivity index (χ0) is 22.9. The van der Waals surface area contributed by atoms with Crippen molar-refractivity contribution in [3.8, 4) is 11.1 Å². The number of amides is 2. The van der Waals surface area contributed by atoms with Gasteiger partial charge in [-0.2, -0.15) is 0 Å². The fraction of sp³-hybridized carbons (Fsp3) is 0.292. The molecule has 1 aliphatic rings. The maximum absolute atomic E-state index is 12.1. The highest BCUT2D eigenvalue weighted by atomic mass is 16.5. The summed E-state index contributed by atoms with van der Waals surface area (Å²) in [6.45, 7) is 0.480. The van der Waals surface area contributed by atoms with E-state index in [4.69, 9.17) is 14.6 Å².